The minimum absolute atomic E-state index is 0.0104. The van der Waals surface area contributed by atoms with Crippen molar-refractivity contribution < 1.29 is 19.4 Å². The Balaban J connectivity index is 2.94. The lowest BCUT2D eigenvalue weighted by Gasteiger charge is -2.17. The molecule has 0 aliphatic carbocycles. The summed E-state index contributed by atoms with van der Waals surface area (Å²) in [6, 6.07) is 2.84. The molecule has 0 bridgehead atoms. The third-order valence-corrected chi connectivity index (χ3v) is 3.10. The predicted octanol–water partition coefficient (Wildman–Crippen LogP) is 3.09. The zero-order valence-corrected chi connectivity index (χ0v) is 13.5. The van der Waals surface area contributed by atoms with E-state index >= 15 is 0 Å². The van der Waals surface area contributed by atoms with Gasteiger partial charge in [-0.2, -0.15) is 0 Å². The van der Waals surface area contributed by atoms with E-state index in [4.69, 9.17) is 26.2 Å². The molecule has 1 rings (SSSR count). The van der Waals surface area contributed by atoms with Crippen molar-refractivity contribution in [1.29, 1.82) is 0 Å². The molecule has 1 unspecified atom stereocenters. The molecule has 1 atom stereocenters. The molecule has 0 aromatic heterocycles. The van der Waals surface area contributed by atoms with Crippen LogP contribution in [0, 0.1) is 0 Å². The van der Waals surface area contributed by atoms with Crippen LogP contribution in [0.3, 0.4) is 0 Å². The fourth-order valence-electron chi connectivity index (χ4n) is 1.68. The van der Waals surface area contributed by atoms with Crippen LogP contribution in [-0.4, -0.2) is 29.8 Å². The second-order valence-electron chi connectivity index (χ2n) is 4.93. The third kappa shape index (κ3) is 5.44. The van der Waals surface area contributed by atoms with E-state index in [1.807, 2.05) is 20.8 Å². The van der Waals surface area contributed by atoms with E-state index in [1.165, 1.54) is 0 Å². The van der Waals surface area contributed by atoms with Gasteiger partial charge in [0.1, 0.15) is 6.04 Å². The highest BCUT2D eigenvalue weighted by molar-refractivity contribution is 6.31. The second kappa shape index (κ2) is 8.10. The molecule has 0 spiro atoms. The fraction of sp³-hybridized carbons (Fsp3) is 0.533. The number of hydrogen-bond donors (Lipinski definition) is 2. The Kier molecular flexibility index (Phi) is 6.78. The average Bonchev–Trinajstić information content (AvgIpc) is 2.39. The summed E-state index contributed by atoms with van der Waals surface area (Å²) < 4.78 is 11.2. The van der Waals surface area contributed by atoms with Crippen LogP contribution in [0.1, 0.15) is 33.3 Å². The largest absolute Gasteiger partial charge is 0.490 e. The fourth-order valence-corrected chi connectivity index (χ4v) is 1.90. The molecule has 2 N–H and O–H groups in total. The lowest BCUT2D eigenvalue weighted by atomic mass is 10.2. The van der Waals surface area contributed by atoms with Gasteiger partial charge >= 0.3 is 5.97 Å². The molecule has 1 aromatic rings. The lowest BCUT2D eigenvalue weighted by Crippen LogP contribution is -2.33. The van der Waals surface area contributed by atoms with Crippen LogP contribution >= 0.6 is 11.6 Å². The van der Waals surface area contributed by atoms with E-state index in [-0.39, 0.29) is 6.10 Å². The summed E-state index contributed by atoms with van der Waals surface area (Å²) in [6.45, 7) is 8.16. The van der Waals surface area contributed by atoms with Crippen molar-refractivity contribution >= 4 is 17.6 Å². The van der Waals surface area contributed by atoms with E-state index in [0.717, 1.165) is 5.56 Å². The zero-order valence-electron chi connectivity index (χ0n) is 12.8. The zero-order chi connectivity index (χ0) is 16.0. The first-order valence-corrected chi connectivity index (χ1v) is 7.31. The van der Waals surface area contributed by atoms with Crippen LogP contribution in [0.5, 0.6) is 11.5 Å². The van der Waals surface area contributed by atoms with Crippen LogP contribution in [-0.2, 0) is 11.3 Å². The Bertz CT molecular complexity index is 491. The summed E-state index contributed by atoms with van der Waals surface area (Å²) in [4.78, 5) is 10.8. The highest BCUT2D eigenvalue weighted by Gasteiger charge is 2.15. The smallest absolute Gasteiger partial charge is 0.320 e. The van der Waals surface area contributed by atoms with Crippen molar-refractivity contribution in [2.24, 2.45) is 0 Å². The van der Waals surface area contributed by atoms with Gasteiger partial charge < -0.3 is 19.9 Å². The summed E-state index contributed by atoms with van der Waals surface area (Å²) in [7, 11) is 0. The minimum atomic E-state index is -0.907. The Morgan fingerprint density at radius 1 is 1.33 bits per heavy atom. The van der Waals surface area contributed by atoms with Gasteiger partial charge in [0.25, 0.3) is 0 Å². The molecule has 0 aliphatic heterocycles. The van der Waals surface area contributed by atoms with Gasteiger partial charge in [-0.1, -0.05) is 11.6 Å². The molecule has 0 heterocycles. The van der Waals surface area contributed by atoms with E-state index in [1.54, 1.807) is 19.1 Å². The number of aliphatic carboxylic acids is 1. The molecule has 0 saturated carbocycles. The first-order chi connectivity index (χ1) is 9.85. The molecule has 1 aromatic carbocycles. The maximum Gasteiger partial charge on any atom is 0.320 e. The highest BCUT2D eigenvalue weighted by Crippen LogP contribution is 2.34. The van der Waals surface area contributed by atoms with Gasteiger partial charge in [0, 0.05) is 17.6 Å². The van der Waals surface area contributed by atoms with E-state index in [2.05, 4.69) is 5.32 Å². The first kappa shape index (κ1) is 17.6. The number of carboxylic acid groups (broad SMARTS) is 1. The number of benzene rings is 1. The minimum Gasteiger partial charge on any atom is -0.490 e. The van der Waals surface area contributed by atoms with Crippen LogP contribution in [0.15, 0.2) is 12.1 Å². The van der Waals surface area contributed by atoms with Gasteiger partial charge in [-0.3, -0.25) is 4.79 Å². The number of ether oxygens (including phenoxy) is 2. The number of rotatable bonds is 8. The van der Waals surface area contributed by atoms with Crippen molar-refractivity contribution in [1.82, 2.24) is 5.32 Å². The Labute approximate surface area is 130 Å². The maximum atomic E-state index is 10.8. The van der Waals surface area contributed by atoms with Crippen molar-refractivity contribution in [3.8, 4) is 11.5 Å². The highest BCUT2D eigenvalue weighted by atomic mass is 35.5. The Hall–Kier alpha value is -1.46. The quantitative estimate of drug-likeness (QED) is 0.771. The van der Waals surface area contributed by atoms with Crippen molar-refractivity contribution in [3.05, 3.63) is 22.7 Å². The molecule has 0 amide bonds. The molecule has 21 heavy (non-hydrogen) atoms. The van der Waals surface area contributed by atoms with Crippen LogP contribution < -0.4 is 14.8 Å². The molecule has 0 fully saturated rings. The van der Waals surface area contributed by atoms with Gasteiger partial charge in [0.15, 0.2) is 11.5 Å². The Morgan fingerprint density at radius 2 is 2.00 bits per heavy atom. The topological polar surface area (TPSA) is 67.8 Å². The average molecular weight is 316 g/mol. The summed E-state index contributed by atoms with van der Waals surface area (Å²) >= 11 is 6.23. The Morgan fingerprint density at radius 3 is 2.52 bits per heavy atom. The molecule has 5 nitrogen and oxygen atoms in total. The van der Waals surface area contributed by atoms with Gasteiger partial charge in [-0.05, 0) is 39.3 Å². The maximum absolute atomic E-state index is 10.8. The van der Waals surface area contributed by atoms with E-state index in [9.17, 15) is 4.79 Å². The normalized spacial score (nSPS) is 12.3. The van der Waals surface area contributed by atoms with Gasteiger partial charge in [0.05, 0.1) is 12.7 Å². The van der Waals surface area contributed by atoms with E-state index < -0.39 is 12.0 Å². The summed E-state index contributed by atoms with van der Waals surface area (Å²) in [6.07, 6.45) is 0.0104. The second-order valence-corrected chi connectivity index (χ2v) is 5.34. The molecular weight excluding hydrogens is 294 g/mol. The molecule has 0 radical (unpaired) electrons. The van der Waals surface area contributed by atoms with E-state index in [0.29, 0.717) is 29.7 Å². The molecule has 0 aliphatic rings. The standard InChI is InChI=1S/C15H22ClNO4/c1-5-20-13-6-11(8-17-10(4)15(18)19)12(16)7-14(13)21-9(2)3/h6-7,9-10,17H,5,8H2,1-4H3,(H,18,19). The van der Waals surface area contributed by atoms with Crippen molar-refractivity contribution in [2.45, 2.75) is 46.4 Å². The van der Waals surface area contributed by atoms with Gasteiger partial charge in [-0.15, -0.1) is 0 Å². The molecule has 0 saturated heterocycles. The third-order valence-electron chi connectivity index (χ3n) is 2.74. The summed E-state index contributed by atoms with van der Waals surface area (Å²) in [5.41, 5.74) is 0.768. The van der Waals surface area contributed by atoms with Crippen molar-refractivity contribution in [2.75, 3.05) is 6.61 Å². The lowest BCUT2D eigenvalue weighted by molar-refractivity contribution is -0.139. The summed E-state index contributed by atoms with van der Waals surface area (Å²) in [5, 5.41) is 12.3. The van der Waals surface area contributed by atoms with Gasteiger partial charge in [0.2, 0.25) is 0 Å². The van der Waals surface area contributed by atoms with Crippen molar-refractivity contribution in [3.63, 3.8) is 0 Å². The first-order valence-electron chi connectivity index (χ1n) is 6.93. The number of halogens is 1. The van der Waals surface area contributed by atoms with Crippen LogP contribution in [0.4, 0.5) is 0 Å². The number of carbonyl (C=O) groups is 1. The molecule has 118 valence electrons. The SMILES string of the molecule is CCOc1cc(CNC(C)C(=O)O)c(Cl)cc1OC(C)C. The summed E-state index contributed by atoms with van der Waals surface area (Å²) in [5.74, 6) is 0.290. The van der Waals surface area contributed by atoms with Crippen LogP contribution in [0.25, 0.3) is 0 Å². The predicted molar refractivity (Wildman–Crippen MR) is 82.3 cm³/mol. The molecule has 6 heteroatoms. The van der Waals surface area contributed by atoms with Crippen LogP contribution in [0.2, 0.25) is 5.02 Å². The molecular formula is C15H22ClNO4. The number of nitrogens with one attached hydrogen (secondary N) is 1. The monoisotopic (exact) mass is 315 g/mol. The number of hydrogen-bond acceptors (Lipinski definition) is 4. The van der Waals surface area contributed by atoms with Gasteiger partial charge in [-0.25, -0.2) is 0 Å². The number of carboxylic acids is 1.